The van der Waals surface area contributed by atoms with E-state index >= 15 is 0 Å². The smallest absolute Gasteiger partial charge is 0.287 e. The Morgan fingerprint density at radius 1 is 1.26 bits per heavy atom. The summed E-state index contributed by atoms with van der Waals surface area (Å²) in [6, 6.07) is 8.46. The molecule has 0 saturated carbocycles. The normalized spacial score (nSPS) is 10.2. The Balaban J connectivity index is 2.22. The molecule has 0 aliphatic rings. The van der Waals surface area contributed by atoms with E-state index in [9.17, 15) is 4.79 Å². The van der Waals surface area contributed by atoms with Crippen molar-refractivity contribution in [1.29, 1.82) is 0 Å². The van der Waals surface area contributed by atoms with Gasteiger partial charge in [0.25, 0.3) is 5.91 Å². The van der Waals surface area contributed by atoms with Gasteiger partial charge in [0, 0.05) is 12.1 Å². The van der Waals surface area contributed by atoms with Crippen LogP contribution in [-0.2, 0) is 0 Å². The summed E-state index contributed by atoms with van der Waals surface area (Å²) in [5, 5.41) is 3.55. The molecule has 0 atom stereocenters. The summed E-state index contributed by atoms with van der Waals surface area (Å²) in [7, 11) is 0. The predicted molar refractivity (Wildman–Crippen MR) is 76.7 cm³/mol. The molecule has 98 valence electrons. The third-order valence-corrected chi connectivity index (χ3v) is 3.18. The fraction of sp³-hybridized carbons (Fsp3) is 0.0714. The lowest BCUT2D eigenvalue weighted by Crippen LogP contribution is -2.22. The Morgan fingerprint density at radius 2 is 2.05 bits per heavy atom. The molecule has 3 nitrogen and oxygen atoms in total. The number of carbonyl (C=O) groups is 1. The zero-order chi connectivity index (χ0) is 13.8. The molecular formula is C14H11Cl2NO2. The van der Waals surface area contributed by atoms with Crippen molar-refractivity contribution in [2.75, 3.05) is 6.54 Å². The minimum absolute atomic E-state index is 0.239. The van der Waals surface area contributed by atoms with E-state index in [1.165, 1.54) is 0 Å². The number of carbonyl (C=O) groups excluding carboxylic acids is 1. The summed E-state index contributed by atoms with van der Waals surface area (Å²) in [6.07, 6.45) is 1.60. The minimum Gasteiger partial charge on any atom is -0.451 e. The molecule has 0 radical (unpaired) electrons. The number of hydrogen-bond acceptors (Lipinski definition) is 2. The third kappa shape index (κ3) is 3.19. The second kappa shape index (κ2) is 5.95. The van der Waals surface area contributed by atoms with Gasteiger partial charge in [0.2, 0.25) is 0 Å². The van der Waals surface area contributed by atoms with Crippen LogP contribution in [0.5, 0.6) is 0 Å². The van der Waals surface area contributed by atoms with Crippen molar-refractivity contribution in [3.8, 4) is 11.3 Å². The molecule has 2 aromatic rings. The fourth-order valence-corrected chi connectivity index (χ4v) is 1.81. The molecule has 2 rings (SSSR count). The first-order valence-electron chi connectivity index (χ1n) is 5.56. The Kier molecular flexibility index (Phi) is 4.30. The second-order valence-electron chi connectivity index (χ2n) is 3.79. The third-order valence-electron chi connectivity index (χ3n) is 2.44. The maximum atomic E-state index is 11.7. The van der Waals surface area contributed by atoms with Crippen LogP contribution in [0.3, 0.4) is 0 Å². The molecular weight excluding hydrogens is 285 g/mol. The van der Waals surface area contributed by atoms with Gasteiger partial charge in [-0.25, -0.2) is 0 Å². The highest BCUT2D eigenvalue weighted by Crippen LogP contribution is 2.29. The Morgan fingerprint density at radius 3 is 2.74 bits per heavy atom. The first-order valence-corrected chi connectivity index (χ1v) is 6.32. The van der Waals surface area contributed by atoms with E-state index in [0.717, 1.165) is 5.56 Å². The zero-order valence-corrected chi connectivity index (χ0v) is 11.5. The number of hydrogen-bond donors (Lipinski definition) is 1. The van der Waals surface area contributed by atoms with Crippen LogP contribution in [0.25, 0.3) is 11.3 Å². The summed E-state index contributed by atoms with van der Waals surface area (Å²) >= 11 is 11.8. The standard InChI is InChI=1S/C14H11Cl2NO2/c1-2-7-17-14(18)13-6-5-12(19-13)9-3-4-10(15)11(16)8-9/h2-6,8H,1,7H2,(H,17,18). The molecule has 0 aliphatic heterocycles. The number of furan rings is 1. The Hall–Kier alpha value is -1.71. The van der Waals surface area contributed by atoms with Crippen molar-refractivity contribution in [3.05, 3.63) is 58.8 Å². The highest BCUT2D eigenvalue weighted by Gasteiger charge is 2.12. The van der Waals surface area contributed by atoms with Gasteiger partial charge < -0.3 is 9.73 Å². The molecule has 0 aliphatic carbocycles. The monoisotopic (exact) mass is 295 g/mol. The number of amides is 1. The molecule has 0 spiro atoms. The Labute approximate surface area is 120 Å². The summed E-state index contributed by atoms with van der Waals surface area (Å²) < 4.78 is 5.48. The zero-order valence-electron chi connectivity index (χ0n) is 9.95. The SMILES string of the molecule is C=CCNC(=O)c1ccc(-c2ccc(Cl)c(Cl)c2)o1. The lowest BCUT2D eigenvalue weighted by atomic mass is 10.2. The topological polar surface area (TPSA) is 42.2 Å². The molecule has 1 aromatic heterocycles. The molecule has 0 fully saturated rings. The fourth-order valence-electron chi connectivity index (χ4n) is 1.52. The summed E-state index contributed by atoms with van der Waals surface area (Å²) in [5.41, 5.74) is 0.761. The molecule has 1 aromatic carbocycles. The van der Waals surface area contributed by atoms with Gasteiger partial charge in [-0.1, -0.05) is 29.3 Å². The lowest BCUT2D eigenvalue weighted by molar-refractivity contribution is 0.0931. The number of benzene rings is 1. The average molecular weight is 296 g/mol. The van der Waals surface area contributed by atoms with Gasteiger partial charge in [0.1, 0.15) is 5.76 Å². The van der Waals surface area contributed by atoms with Crippen LogP contribution in [0.2, 0.25) is 10.0 Å². The van der Waals surface area contributed by atoms with Crippen LogP contribution in [0.15, 0.2) is 47.4 Å². The van der Waals surface area contributed by atoms with E-state index in [4.69, 9.17) is 27.6 Å². The lowest BCUT2D eigenvalue weighted by Gasteiger charge is -2.00. The van der Waals surface area contributed by atoms with Crippen molar-refractivity contribution in [3.63, 3.8) is 0 Å². The molecule has 1 amide bonds. The maximum absolute atomic E-state index is 11.7. The summed E-state index contributed by atoms with van der Waals surface area (Å²) in [6.45, 7) is 3.92. The van der Waals surface area contributed by atoms with E-state index in [0.29, 0.717) is 22.4 Å². The van der Waals surface area contributed by atoms with Crippen LogP contribution in [0.4, 0.5) is 0 Å². The van der Waals surface area contributed by atoms with Crippen molar-refractivity contribution < 1.29 is 9.21 Å². The largest absolute Gasteiger partial charge is 0.451 e. The summed E-state index contributed by atoms with van der Waals surface area (Å²) in [5.74, 6) is 0.511. The van der Waals surface area contributed by atoms with Gasteiger partial charge in [-0.15, -0.1) is 6.58 Å². The molecule has 0 saturated heterocycles. The molecule has 19 heavy (non-hydrogen) atoms. The average Bonchev–Trinajstić information content (AvgIpc) is 2.89. The van der Waals surface area contributed by atoms with Crippen molar-refractivity contribution >= 4 is 29.1 Å². The number of halogens is 2. The van der Waals surface area contributed by atoms with E-state index in [2.05, 4.69) is 11.9 Å². The van der Waals surface area contributed by atoms with E-state index in [1.54, 1.807) is 36.4 Å². The van der Waals surface area contributed by atoms with Crippen LogP contribution in [0, 0.1) is 0 Å². The van der Waals surface area contributed by atoms with E-state index in [-0.39, 0.29) is 11.7 Å². The van der Waals surface area contributed by atoms with Gasteiger partial charge >= 0.3 is 0 Å². The molecule has 1 heterocycles. The van der Waals surface area contributed by atoms with Gasteiger partial charge in [-0.05, 0) is 30.3 Å². The minimum atomic E-state index is -0.286. The molecule has 1 N–H and O–H groups in total. The molecule has 5 heteroatoms. The van der Waals surface area contributed by atoms with E-state index in [1.807, 2.05) is 0 Å². The van der Waals surface area contributed by atoms with Crippen LogP contribution >= 0.6 is 23.2 Å². The maximum Gasteiger partial charge on any atom is 0.287 e. The van der Waals surface area contributed by atoms with Crippen molar-refractivity contribution in [2.24, 2.45) is 0 Å². The van der Waals surface area contributed by atoms with Gasteiger partial charge in [0.15, 0.2) is 5.76 Å². The molecule has 0 bridgehead atoms. The van der Waals surface area contributed by atoms with E-state index < -0.39 is 0 Å². The van der Waals surface area contributed by atoms with Crippen molar-refractivity contribution in [1.82, 2.24) is 5.32 Å². The van der Waals surface area contributed by atoms with Crippen molar-refractivity contribution in [2.45, 2.75) is 0 Å². The number of rotatable bonds is 4. The van der Waals surface area contributed by atoms with Gasteiger partial charge in [-0.3, -0.25) is 4.79 Å². The number of nitrogens with one attached hydrogen (secondary N) is 1. The van der Waals surface area contributed by atoms with Gasteiger partial charge in [-0.2, -0.15) is 0 Å². The highest BCUT2D eigenvalue weighted by molar-refractivity contribution is 6.42. The van der Waals surface area contributed by atoms with Gasteiger partial charge in [0.05, 0.1) is 10.0 Å². The Bertz CT molecular complexity index is 620. The quantitative estimate of drug-likeness (QED) is 0.860. The first kappa shape index (κ1) is 13.7. The van der Waals surface area contributed by atoms with Crippen LogP contribution in [0.1, 0.15) is 10.6 Å². The molecule has 0 unspecified atom stereocenters. The van der Waals surface area contributed by atoms with Crippen LogP contribution in [-0.4, -0.2) is 12.5 Å². The highest BCUT2D eigenvalue weighted by atomic mass is 35.5. The first-order chi connectivity index (χ1) is 9.11. The summed E-state index contributed by atoms with van der Waals surface area (Å²) in [4.78, 5) is 11.7. The van der Waals surface area contributed by atoms with Crippen LogP contribution < -0.4 is 5.32 Å². The predicted octanol–water partition coefficient (Wildman–Crippen LogP) is 4.17. The second-order valence-corrected chi connectivity index (χ2v) is 4.61.